The van der Waals surface area contributed by atoms with Crippen LogP contribution < -0.4 is 10.6 Å². The van der Waals surface area contributed by atoms with E-state index in [0.717, 1.165) is 24.4 Å². The normalized spacial score (nSPS) is 15.9. The van der Waals surface area contributed by atoms with Gasteiger partial charge in [-0.05, 0) is 49.2 Å². The fraction of sp³-hybridized carbons (Fsp3) is 0.500. The molecule has 1 aromatic heterocycles. The van der Waals surface area contributed by atoms with E-state index in [-0.39, 0.29) is 36.6 Å². The van der Waals surface area contributed by atoms with Crippen LogP contribution in [-0.4, -0.2) is 50.3 Å². The Hall–Kier alpha value is -1.79. The average Bonchev–Trinajstić information content (AvgIpc) is 3.45. The summed E-state index contributed by atoms with van der Waals surface area (Å²) >= 11 is 0. The molecule has 1 saturated heterocycles. The molecule has 1 aliphatic rings. The first-order chi connectivity index (χ1) is 14.9. The molecule has 3 rings (SSSR count). The minimum atomic E-state index is -4.31. The molecule has 1 aromatic carbocycles. The molecule has 10 heteroatoms. The van der Waals surface area contributed by atoms with E-state index in [9.17, 15) is 13.2 Å². The van der Waals surface area contributed by atoms with Gasteiger partial charge in [0.15, 0.2) is 5.96 Å². The maximum atomic E-state index is 12.2. The van der Waals surface area contributed by atoms with Gasteiger partial charge in [-0.1, -0.05) is 24.3 Å². The number of halogens is 4. The van der Waals surface area contributed by atoms with E-state index in [2.05, 4.69) is 25.3 Å². The summed E-state index contributed by atoms with van der Waals surface area (Å²) in [5.74, 6) is 1.61. The van der Waals surface area contributed by atoms with Crippen LogP contribution in [0.2, 0.25) is 0 Å². The van der Waals surface area contributed by atoms with E-state index in [0.29, 0.717) is 24.6 Å². The van der Waals surface area contributed by atoms with Crippen molar-refractivity contribution in [3.8, 4) is 0 Å². The Morgan fingerprint density at radius 1 is 1.12 bits per heavy atom. The quantitative estimate of drug-likeness (QED) is 0.267. The SMILES string of the molecule is CN=C(NCc1ccc(COCC(F)(F)F)cc1)NCC(c1ccco1)N1CCCC1.I. The molecule has 2 aromatic rings. The topological polar surface area (TPSA) is 62.0 Å². The van der Waals surface area contributed by atoms with Crippen LogP contribution in [0, 0.1) is 0 Å². The predicted octanol–water partition coefficient (Wildman–Crippen LogP) is 4.48. The van der Waals surface area contributed by atoms with E-state index in [1.54, 1.807) is 25.4 Å². The fourth-order valence-corrected chi connectivity index (χ4v) is 3.58. The lowest BCUT2D eigenvalue weighted by Gasteiger charge is -2.26. The summed E-state index contributed by atoms with van der Waals surface area (Å²) in [6, 6.07) is 11.3. The fourth-order valence-electron chi connectivity index (χ4n) is 3.58. The van der Waals surface area contributed by atoms with Gasteiger partial charge >= 0.3 is 6.18 Å². The smallest absolute Gasteiger partial charge is 0.411 e. The number of hydrogen-bond acceptors (Lipinski definition) is 4. The minimum absolute atomic E-state index is 0. The molecule has 0 aliphatic carbocycles. The van der Waals surface area contributed by atoms with E-state index < -0.39 is 12.8 Å². The van der Waals surface area contributed by atoms with E-state index >= 15 is 0 Å². The molecule has 1 unspecified atom stereocenters. The van der Waals surface area contributed by atoms with Crippen molar-refractivity contribution in [2.45, 2.75) is 38.2 Å². The third kappa shape index (κ3) is 8.62. The van der Waals surface area contributed by atoms with Crippen molar-refractivity contribution >= 4 is 29.9 Å². The number of nitrogens with one attached hydrogen (secondary N) is 2. The first kappa shape index (κ1) is 26.5. The van der Waals surface area contributed by atoms with Crippen molar-refractivity contribution in [3.05, 3.63) is 59.5 Å². The largest absolute Gasteiger partial charge is 0.468 e. The van der Waals surface area contributed by atoms with Crippen LogP contribution in [0.4, 0.5) is 13.2 Å². The summed E-state index contributed by atoms with van der Waals surface area (Å²) in [6.45, 7) is 2.01. The highest BCUT2D eigenvalue weighted by atomic mass is 127. The number of guanidine groups is 1. The standard InChI is InChI=1S/C22H29F3N4O2.HI/c1-26-21(28-14-19(20-5-4-12-31-20)29-10-2-3-11-29)27-13-17-6-8-18(9-7-17)15-30-16-22(23,24)25;/h4-9,12,19H,2-3,10-11,13-16H2,1H3,(H2,26,27,28);1H. The zero-order valence-electron chi connectivity index (χ0n) is 18.0. The molecular weight excluding hydrogens is 536 g/mol. The number of likely N-dealkylation sites (tertiary alicyclic amines) is 1. The van der Waals surface area contributed by atoms with E-state index in [4.69, 9.17) is 4.42 Å². The predicted molar refractivity (Wildman–Crippen MR) is 128 cm³/mol. The molecule has 32 heavy (non-hydrogen) atoms. The lowest BCUT2D eigenvalue weighted by Crippen LogP contribution is -2.42. The second kappa shape index (κ2) is 13.0. The van der Waals surface area contributed by atoms with Gasteiger partial charge in [-0.3, -0.25) is 9.89 Å². The summed E-state index contributed by atoms with van der Waals surface area (Å²) < 4.78 is 46.8. The summed E-state index contributed by atoms with van der Waals surface area (Å²) in [4.78, 5) is 6.70. The number of alkyl halides is 3. The van der Waals surface area contributed by atoms with Crippen LogP contribution in [-0.2, 0) is 17.9 Å². The van der Waals surface area contributed by atoms with Gasteiger partial charge in [-0.15, -0.1) is 24.0 Å². The van der Waals surface area contributed by atoms with Crippen LogP contribution >= 0.6 is 24.0 Å². The van der Waals surface area contributed by atoms with Crippen molar-refractivity contribution in [1.82, 2.24) is 15.5 Å². The van der Waals surface area contributed by atoms with Crippen molar-refractivity contribution in [2.75, 3.05) is 33.3 Å². The van der Waals surface area contributed by atoms with Gasteiger partial charge in [0.2, 0.25) is 0 Å². The van der Waals surface area contributed by atoms with Crippen molar-refractivity contribution < 1.29 is 22.3 Å². The van der Waals surface area contributed by atoms with Gasteiger partial charge in [0.05, 0.1) is 18.9 Å². The number of ether oxygens (including phenoxy) is 1. The van der Waals surface area contributed by atoms with E-state index in [1.165, 1.54) is 12.8 Å². The second-order valence-electron chi connectivity index (χ2n) is 7.51. The number of benzene rings is 1. The molecule has 0 spiro atoms. The van der Waals surface area contributed by atoms with Gasteiger partial charge in [0.25, 0.3) is 0 Å². The van der Waals surface area contributed by atoms with Crippen LogP contribution in [0.1, 0.15) is 35.8 Å². The summed E-state index contributed by atoms with van der Waals surface area (Å²) in [5.41, 5.74) is 1.69. The van der Waals surface area contributed by atoms with Gasteiger partial charge in [-0.25, -0.2) is 0 Å². The lowest BCUT2D eigenvalue weighted by atomic mass is 10.1. The Morgan fingerprint density at radius 3 is 2.41 bits per heavy atom. The summed E-state index contributed by atoms with van der Waals surface area (Å²) in [6.07, 6.45) is -0.219. The number of aliphatic imine (C=N–C) groups is 1. The Labute approximate surface area is 203 Å². The van der Waals surface area contributed by atoms with Crippen molar-refractivity contribution in [2.24, 2.45) is 4.99 Å². The van der Waals surface area contributed by atoms with Gasteiger partial charge in [0, 0.05) is 20.1 Å². The molecule has 0 radical (unpaired) electrons. The number of furan rings is 1. The zero-order valence-corrected chi connectivity index (χ0v) is 20.4. The van der Waals surface area contributed by atoms with E-state index in [1.807, 2.05) is 24.3 Å². The zero-order chi connectivity index (χ0) is 22.1. The third-order valence-corrected chi connectivity index (χ3v) is 5.16. The van der Waals surface area contributed by atoms with Crippen molar-refractivity contribution in [1.29, 1.82) is 0 Å². The first-order valence-corrected chi connectivity index (χ1v) is 10.4. The molecular formula is C22H30F3IN4O2. The Bertz CT molecular complexity index is 808. The molecule has 1 atom stereocenters. The molecule has 1 aliphatic heterocycles. The summed E-state index contributed by atoms with van der Waals surface area (Å²) in [7, 11) is 1.72. The van der Waals surface area contributed by atoms with Crippen LogP contribution in [0.5, 0.6) is 0 Å². The summed E-state index contributed by atoms with van der Waals surface area (Å²) in [5, 5.41) is 6.64. The highest BCUT2D eigenvalue weighted by Crippen LogP contribution is 2.24. The van der Waals surface area contributed by atoms with Gasteiger partial charge in [-0.2, -0.15) is 13.2 Å². The molecule has 6 nitrogen and oxygen atoms in total. The number of rotatable bonds is 9. The highest BCUT2D eigenvalue weighted by molar-refractivity contribution is 14.0. The van der Waals surface area contributed by atoms with Gasteiger partial charge in [0.1, 0.15) is 12.4 Å². The third-order valence-electron chi connectivity index (χ3n) is 5.16. The second-order valence-corrected chi connectivity index (χ2v) is 7.51. The van der Waals surface area contributed by atoms with Crippen LogP contribution in [0.15, 0.2) is 52.1 Å². The average molecular weight is 566 g/mol. The number of hydrogen-bond donors (Lipinski definition) is 2. The molecule has 0 amide bonds. The van der Waals surface area contributed by atoms with Crippen LogP contribution in [0.3, 0.4) is 0 Å². The highest BCUT2D eigenvalue weighted by Gasteiger charge is 2.27. The molecule has 2 N–H and O–H groups in total. The monoisotopic (exact) mass is 566 g/mol. The molecule has 2 heterocycles. The van der Waals surface area contributed by atoms with Crippen LogP contribution in [0.25, 0.3) is 0 Å². The Balaban J connectivity index is 0.00000363. The molecule has 1 fully saturated rings. The maximum Gasteiger partial charge on any atom is 0.411 e. The molecule has 178 valence electrons. The van der Waals surface area contributed by atoms with Gasteiger partial charge < -0.3 is 19.8 Å². The molecule has 0 saturated carbocycles. The molecule has 0 bridgehead atoms. The minimum Gasteiger partial charge on any atom is -0.468 e. The lowest BCUT2D eigenvalue weighted by molar-refractivity contribution is -0.176. The van der Waals surface area contributed by atoms with Crippen molar-refractivity contribution in [3.63, 3.8) is 0 Å². The number of nitrogens with zero attached hydrogens (tertiary/aromatic N) is 2. The first-order valence-electron chi connectivity index (χ1n) is 10.4. The Kier molecular flexibility index (Phi) is 10.8. The Morgan fingerprint density at radius 2 is 1.81 bits per heavy atom. The maximum absolute atomic E-state index is 12.2.